The average molecular weight is 277 g/mol. The third-order valence-corrected chi connectivity index (χ3v) is 4.07. The van der Waals surface area contributed by atoms with E-state index in [-0.39, 0.29) is 12.1 Å². The third kappa shape index (κ3) is 2.97. The Hall–Kier alpha value is -1.52. The van der Waals surface area contributed by atoms with Crippen molar-refractivity contribution < 1.29 is 14.3 Å². The molecule has 20 heavy (non-hydrogen) atoms. The van der Waals surface area contributed by atoms with Gasteiger partial charge in [-0.3, -0.25) is 0 Å². The van der Waals surface area contributed by atoms with Gasteiger partial charge in [0, 0.05) is 10.9 Å². The van der Waals surface area contributed by atoms with Crippen molar-refractivity contribution in [3.8, 4) is 5.75 Å². The summed E-state index contributed by atoms with van der Waals surface area (Å²) in [5, 5.41) is 14.0. The van der Waals surface area contributed by atoms with E-state index >= 15 is 0 Å². The summed E-state index contributed by atoms with van der Waals surface area (Å²) in [6.07, 6.45) is 1.77. The van der Waals surface area contributed by atoms with Crippen LogP contribution in [-0.4, -0.2) is 24.4 Å². The second-order valence-corrected chi connectivity index (χ2v) is 5.12. The molecule has 1 heterocycles. The number of furan rings is 1. The summed E-state index contributed by atoms with van der Waals surface area (Å²) in [4.78, 5) is 0. The van der Waals surface area contributed by atoms with Crippen LogP contribution in [0.3, 0.4) is 0 Å². The summed E-state index contributed by atoms with van der Waals surface area (Å²) >= 11 is 0. The van der Waals surface area contributed by atoms with Crippen LogP contribution in [0.2, 0.25) is 0 Å². The topological polar surface area (TPSA) is 54.6 Å². The number of ether oxygens (including phenoxy) is 1. The fourth-order valence-electron chi connectivity index (χ4n) is 2.34. The maximum Gasteiger partial charge on any atom is 0.134 e. The van der Waals surface area contributed by atoms with Crippen LogP contribution in [-0.2, 0) is 6.54 Å². The van der Waals surface area contributed by atoms with Crippen LogP contribution >= 0.6 is 0 Å². The number of methoxy groups -OCH3 is 1. The minimum atomic E-state index is -0.226. The predicted molar refractivity (Wildman–Crippen MR) is 80.0 cm³/mol. The molecule has 2 aromatic rings. The molecule has 110 valence electrons. The molecule has 0 unspecified atom stereocenters. The van der Waals surface area contributed by atoms with Crippen molar-refractivity contribution in [2.45, 2.75) is 38.8 Å². The zero-order chi connectivity index (χ0) is 14.6. The van der Waals surface area contributed by atoms with Gasteiger partial charge in [-0.1, -0.05) is 13.8 Å². The summed E-state index contributed by atoms with van der Waals surface area (Å²) < 4.78 is 11.0. The number of aliphatic hydroxyl groups excluding tert-OH is 1. The van der Waals surface area contributed by atoms with Crippen molar-refractivity contribution in [3.05, 3.63) is 30.0 Å². The van der Waals surface area contributed by atoms with Gasteiger partial charge in [0.1, 0.15) is 17.1 Å². The lowest BCUT2D eigenvalue weighted by Gasteiger charge is -2.30. The highest BCUT2D eigenvalue weighted by atomic mass is 16.5. The van der Waals surface area contributed by atoms with E-state index in [4.69, 9.17) is 9.15 Å². The van der Waals surface area contributed by atoms with Crippen molar-refractivity contribution in [2.75, 3.05) is 13.7 Å². The van der Waals surface area contributed by atoms with E-state index in [9.17, 15) is 5.11 Å². The summed E-state index contributed by atoms with van der Waals surface area (Å²) in [6, 6.07) is 7.77. The second kappa shape index (κ2) is 6.29. The van der Waals surface area contributed by atoms with Crippen LogP contribution in [0.4, 0.5) is 0 Å². The number of nitrogens with one attached hydrogen (secondary N) is 1. The van der Waals surface area contributed by atoms with E-state index in [0.717, 1.165) is 35.3 Å². The fraction of sp³-hybridized carbons (Fsp3) is 0.500. The van der Waals surface area contributed by atoms with Gasteiger partial charge < -0.3 is 19.6 Å². The maximum atomic E-state index is 9.55. The second-order valence-electron chi connectivity index (χ2n) is 5.12. The Morgan fingerprint density at radius 3 is 2.60 bits per heavy atom. The molecule has 0 saturated heterocycles. The summed E-state index contributed by atoms with van der Waals surface area (Å²) in [6.45, 7) is 4.90. The van der Waals surface area contributed by atoms with E-state index < -0.39 is 0 Å². The van der Waals surface area contributed by atoms with Crippen LogP contribution in [0.25, 0.3) is 11.0 Å². The molecule has 0 aliphatic carbocycles. The first-order valence-corrected chi connectivity index (χ1v) is 7.08. The molecule has 0 spiro atoms. The largest absolute Gasteiger partial charge is 0.497 e. The monoisotopic (exact) mass is 277 g/mol. The highest BCUT2D eigenvalue weighted by molar-refractivity contribution is 5.79. The zero-order valence-electron chi connectivity index (χ0n) is 12.4. The van der Waals surface area contributed by atoms with Crippen molar-refractivity contribution in [2.24, 2.45) is 0 Å². The van der Waals surface area contributed by atoms with Gasteiger partial charge in [0.15, 0.2) is 0 Å². The van der Waals surface area contributed by atoms with Gasteiger partial charge in [-0.05, 0) is 37.1 Å². The molecular formula is C16H23NO3. The molecule has 0 aliphatic rings. The molecule has 0 saturated carbocycles. The summed E-state index contributed by atoms with van der Waals surface area (Å²) in [5.74, 6) is 1.69. The van der Waals surface area contributed by atoms with Gasteiger partial charge in [0.25, 0.3) is 0 Å². The first kappa shape index (κ1) is 14.9. The highest BCUT2D eigenvalue weighted by Crippen LogP contribution is 2.25. The molecule has 1 aromatic heterocycles. The number of hydrogen-bond acceptors (Lipinski definition) is 4. The number of fused-ring (bicyclic) bond motifs is 1. The van der Waals surface area contributed by atoms with E-state index in [1.165, 1.54) is 0 Å². The quantitative estimate of drug-likeness (QED) is 0.816. The van der Waals surface area contributed by atoms with Crippen molar-refractivity contribution in [1.82, 2.24) is 5.32 Å². The lowest BCUT2D eigenvalue weighted by atomic mass is 9.94. The Kier molecular flexibility index (Phi) is 4.68. The van der Waals surface area contributed by atoms with E-state index in [0.29, 0.717) is 6.54 Å². The Morgan fingerprint density at radius 2 is 2.00 bits per heavy atom. The van der Waals surface area contributed by atoms with Crippen LogP contribution in [0.5, 0.6) is 5.75 Å². The van der Waals surface area contributed by atoms with Crippen molar-refractivity contribution in [3.63, 3.8) is 0 Å². The number of rotatable bonds is 7. The molecule has 4 heteroatoms. The highest BCUT2D eigenvalue weighted by Gasteiger charge is 2.24. The standard InChI is InChI=1S/C16H23NO3/c1-4-16(5-2,11-18)17-10-14-9-12-8-13(19-3)6-7-15(12)20-14/h6-9,17-18H,4-5,10-11H2,1-3H3. The molecule has 2 N–H and O–H groups in total. The van der Waals surface area contributed by atoms with Gasteiger partial charge in [0.05, 0.1) is 20.3 Å². The van der Waals surface area contributed by atoms with Gasteiger partial charge in [-0.2, -0.15) is 0 Å². The molecule has 0 aliphatic heterocycles. The number of hydrogen-bond donors (Lipinski definition) is 2. The zero-order valence-corrected chi connectivity index (χ0v) is 12.4. The minimum absolute atomic E-state index is 0.133. The Bertz CT molecular complexity index is 550. The first-order valence-electron chi connectivity index (χ1n) is 7.08. The third-order valence-electron chi connectivity index (χ3n) is 4.07. The fourth-order valence-corrected chi connectivity index (χ4v) is 2.34. The van der Waals surface area contributed by atoms with Gasteiger partial charge >= 0.3 is 0 Å². The molecule has 2 rings (SSSR count). The maximum absolute atomic E-state index is 9.55. The Morgan fingerprint density at radius 1 is 1.25 bits per heavy atom. The number of aliphatic hydroxyl groups is 1. The van der Waals surface area contributed by atoms with Crippen molar-refractivity contribution in [1.29, 1.82) is 0 Å². The molecule has 0 fully saturated rings. The van der Waals surface area contributed by atoms with E-state index in [1.54, 1.807) is 7.11 Å². The number of benzene rings is 1. The molecule has 0 bridgehead atoms. The molecule has 1 aromatic carbocycles. The van der Waals surface area contributed by atoms with Crippen LogP contribution in [0.15, 0.2) is 28.7 Å². The van der Waals surface area contributed by atoms with Crippen LogP contribution < -0.4 is 10.1 Å². The molecular weight excluding hydrogens is 254 g/mol. The van der Waals surface area contributed by atoms with E-state index in [1.807, 2.05) is 24.3 Å². The Balaban J connectivity index is 2.14. The minimum Gasteiger partial charge on any atom is -0.497 e. The summed E-state index contributed by atoms with van der Waals surface area (Å²) in [5.41, 5.74) is 0.627. The molecule has 4 nitrogen and oxygen atoms in total. The first-order chi connectivity index (χ1) is 9.66. The van der Waals surface area contributed by atoms with Crippen LogP contribution in [0.1, 0.15) is 32.4 Å². The van der Waals surface area contributed by atoms with Crippen molar-refractivity contribution >= 4 is 11.0 Å². The van der Waals surface area contributed by atoms with E-state index in [2.05, 4.69) is 19.2 Å². The lowest BCUT2D eigenvalue weighted by molar-refractivity contribution is 0.147. The normalized spacial score (nSPS) is 12.0. The van der Waals surface area contributed by atoms with Gasteiger partial charge in [-0.15, -0.1) is 0 Å². The molecule has 0 amide bonds. The predicted octanol–water partition coefficient (Wildman–Crippen LogP) is 3.08. The van der Waals surface area contributed by atoms with Crippen LogP contribution in [0, 0.1) is 0 Å². The molecule has 0 atom stereocenters. The molecule has 0 radical (unpaired) electrons. The lowest BCUT2D eigenvalue weighted by Crippen LogP contribution is -2.46. The smallest absolute Gasteiger partial charge is 0.134 e. The SMILES string of the molecule is CCC(CC)(CO)NCc1cc2cc(OC)ccc2o1. The van der Waals surface area contributed by atoms with Gasteiger partial charge in [0.2, 0.25) is 0 Å². The van der Waals surface area contributed by atoms with Gasteiger partial charge in [-0.25, -0.2) is 0 Å². The summed E-state index contributed by atoms with van der Waals surface area (Å²) in [7, 11) is 1.65. The Labute approximate surface area is 119 Å². The average Bonchev–Trinajstić information content (AvgIpc) is 2.91.